The fourth-order valence-corrected chi connectivity index (χ4v) is 2.80. The van der Waals surface area contributed by atoms with Crippen LogP contribution in [0.4, 0.5) is 0 Å². The molecule has 0 radical (unpaired) electrons. The van der Waals surface area contributed by atoms with Crippen molar-refractivity contribution in [1.82, 2.24) is 5.32 Å². The summed E-state index contributed by atoms with van der Waals surface area (Å²) >= 11 is 0. The van der Waals surface area contributed by atoms with Crippen LogP contribution in [0.15, 0.2) is 0 Å². The number of carboxylic acids is 1. The first-order chi connectivity index (χ1) is 9.10. The van der Waals surface area contributed by atoms with Crippen molar-refractivity contribution in [2.75, 3.05) is 13.2 Å². The molecular formula is C15H27NO3. The highest BCUT2D eigenvalue weighted by Gasteiger charge is 2.38. The second kappa shape index (κ2) is 6.71. The zero-order valence-electron chi connectivity index (χ0n) is 12.0. The first-order valence-electron chi connectivity index (χ1n) is 7.69. The van der Waals surface area contributed by atoms with E-state index >= 15 is 0 Å². The van der Waals surface area contributed by atoms with Crippen LogP contribution in [0, 0.1) is 5.92 Å². The fourth-order valence-electron chi connectivity index (χ4n) is 2.80. The molecule has 2 fully saturated rings. The third-order valence-electron chi connectivity index (χ3n) is 4.29. The number of aliphatic carboxylic acids is 1. The van der Waals surface area contributed by atoms with Gasteiger partial charge in [0.1, 0.15) is 5.54 Å². The molecule has 0 aromatic heterocycles. The van der Waals surface area contributed by atoms with E-state index in [0.717, 1.165) is 19.4 Å². The SMILES string of the molecule is CC(COCC1CCCCCC1)(NC1CC1)C(=O)O. The Morgan fingerprint density at radius 2 is 1.84 bits per heavy atom. The van der Waals surface area contributed by atoms with Crippen LogP contribution in [0.5, 0.6) is 0 Å². The zero-order valence-corrected chi connectivity index (χ0v) is 12.0. The lowest BCUT2D eigenvalue weighted by Crippen LogP contribution is -2.54. The molecule has 2 N–H and O–H groups in total. The molecule has 4 heteroatoms. The van der Waals surface area contributed by atoms with E-state index in [1.807, 2.05) is 0 Å². The van der Waals surface area contributed by atoms with Crippen molar-refractivity contribution in [3.05, 3.63) is 0 Å². The number of hydrogen-bond acceptors (Lipinski definition) is 3. The Bertz CT molecular complexity index is 296. The van der Waals surface area contributed by atoms with E-state index in [1.165, 1.54) is 38.5 Å². The molecule has 2 aliphatic rings. The average Bonchev–Trinajstić information content (AvgIpc) is 3.16. The maximum atomic E-state index is 11.4. The predicted molar refractivity (Wildman–Crippen MR) is 74.2 cm³/mol. The molecule has 4 nitrogen and oxygen atoms in total. The predicted octanol–water partition coefficient (Wildman–Crippen LogP) is 2.57. The third kappa shape index (κ3) is 4.77. The largest absolute Gasteiger partial charge is 0.480 e. The van der Waals surface area contributed by atoms with E-state index in [2.05, 4.69) is 5.32 Å². The molecule has 0 heterocycles. The summed E-state index contributed by atoms with van der Waals surface area (Å²) in [6, 6.07) is 0.377. The quantitative estimate of drug-likeness (QED) is 0.697. The number of ether oxygens (including phenoxy) is 1. The Morgan fingerprint density at radius 3 is 2.37 bits per heavy atom. The van der Waals surface area contributed by atoms with Crippen LogP contribution < -0.4 is 5.32 Å². The molecule has 0 amide bonds. The van der Waals surface area contributed by atoms with Gasteiger partial charge >= 0.3 is 5.97 Å². The molecule has 0 aliphatic heterocycles. The van der Waals surface area contributed by atoms with Gasteiger partial charge in [0.05, 0.1) is 6.61 Å². The van der Waals surface area contributed by atoms with Crippen LogP contribution in [0.25, 0.3) is 0 Å². The Morgan fingerprint density at radius 1 is 1.21 bits per heavy atom. The topological polar surface area (TPSA) is 58.6 Å². The van der Waals surface area contributed by atoms with Crippen molar-refractivity contribution in [3.8, 4) is 0 Å². The summed E-state index contributed by atoms with van der Waals surface area (Å²) in [5.41, 5.74) is -0.925. The van der Waals surface area contributed by atoms with E-state index in [1.54, 1.807) is 6.92 Å². The van der Waals surface area contributed by atoms with Crippen LogP contribution in [0.3, 0.4) is 0 Å². The maximum Gasteiger partial charge on any atom is 0.326 e. The van der Waals surface area contributed by atoms with Crippen molar-refractivity contribution in [1.29, 1.82) is 0 Å². The van der Waals surface area contributed by atoms with Crippen molar-refractivity contribution >= 4 is 5.97 Å². The lowest BCUT2D eigenvalue weighted by atomic mass is 10.0. The summed E-state index contributed by atoms with van der Waals surface area (Å²) in [7, 11) is 0. The van der Waals surface area contributed by atoms with Gasteiger partial charge in [-0.25, -0.2) is 0 Å². The van der Waals surface area contributed by atoms with Gasteiger partial charge in [-0.15, -0.1) is 0 Å². The number of hydrogen-bond donors (Lipinski definition) is 2. The molecule has 2 saturated carbocycles. The normalized spacial score (nSPS) is 24.7. The van der Waals surface area contributed by atoms with Gasteiger partial charge in [0, 0.05) is 12.6 Å². The summed E-state index contributed by atoms with van der Waals surface area (Å²) in [5, 5.41) is 12.5. The van der Waals surface area contributed by atoms with E-state index in [-0.39, 0.29) is 6.61 Å². The summed E-state index contributed by atoms with van der Waals surface area (Å²) in [4.78, 5) is 11.4. The number of carbonyl (C=O) groups is 1. The minimum Gasteiger partial charge on any atom is -0.480 e. The molecule has 0 aromatic carbocycles. The molecule has 19 heavy (non-hydrogen) atoms. The molecule has 0 aromatic rings. The lowest BCUT2D eigenvalue weighted by molar-refractivity contribution is -0.147. The highest BCUT2D eigenvalue weighted by Crippen LogP contribution is 2.25. The van der Waals surface area contributed by atoms with Crippen molar-refractivity contribution in [2.45, 2.75) is 69.9 Å². The van der Waals surface area contributed by atoms with Gasteiger partial charge in [-0.1, -0.05) is 25.7 Å². The minimum atomic E-state index is -0.925. The lowest BCUT2D eigenvalue weighted by Gasteiger charge is -2.27. The molecule has 1 unspecified atom stereocenters. The first-order valence-corrected chi connectivity index (χ1v) is 7.69. The highest BCUT2D eigenvalue weighted by molar-refractivity contribution is 5.78. The number of rotatable bonds is 7. The van der Waals surface area contributed by atoms with Gasteiger partial charge in [0.15, 0.2) is 0 Å². The molecule has 0 bridgehead atoms. The van der Waals surface area contributed by atoms with Gasteiger partial charge < -0.3 is 9.84 Å². The van der Waals surface area contributed by atoms with Crippen molar-refractivity contribution in [2.24, 2.45) is 5.92 Å². The average molecular weight is 269 g/mol. The van der Waals surface area contributed by atoms with Crippen LogP contribution >= 0.6 is 0 Å². The van der Waals surface area contributed by atoms with Gasteiger partial charge in [0.25, 0.3) is 0 Å². The van der Waals surface area contributed by atoms with Crippen molar-refractivity contribution in [3.63, 3.8) is 0 Å². The summed E-state index contributed by atoms with van der Waals surface area (Å²) in [6.45, 7) is 2.73. The standard InChI is InChI=1S/C15H27NO3/c1-15(14(17)18,16-13-8-9-13)11-19-10-12-6-4-2-3-5-7-12/h12-13,16H,2-11H2,1H3,(H,17,18). The number of carboxylic acid groups (broad SMARTS) is 1. The molecular weight excluding hydrogens is 242 g/mol. The Balaban J connectivity index is 1.73. The minimum absolute atomic E-state index is 0.273. The van der Waals surface area contributed by atoms with E-state index in [4.69, 9.17) is 4.74 Å². The van der Waals surface area contributed by atoms with E-state index in [0.29, 0.717) is 12.0 Å². The second-order valence-corrected chi connectivity index (χ2v) is 6.43. The number of nitrogens with one attached hydrogen (secondary N) is 1. The zero-order chi connectivity index (χ0) is 13.7. The molecule has 1 atom stereocenters. The molecule has 0 spiro atoms. The fraction of sp³-hybridized carbons (Fsp3) is 0.933. The Labute approximate surface area is 115 Å². The van der Waals surface area contributed by atoms with Gasteiger partial charge in [-0.3, -0.25) is 10.1 Å². The Hall–Kier alpha value is -0.610. The highest BCUT2D eigenvalue weighted by atomic mass is 16.5. The van der Waals surface area contributed by atoms with Crippen LogP contribution in [0.2, 0.25) is 0 Å². The molecule has 0 saturated heterocycles. The van der Waals surface area contributed by atoms with E-state index in [9.17, 15) is 9.90 Å². The maximum absolute atomic E-state index is 11.4. The van der Waals surface area contributed by atoms with Crippen LogP contribution in [-0.4, -0.2) is 35.9 Å². The third-order valence-corrected chi connectivity index (χ3v) is 4.29. The van der Waals surface area contributed by atoms with Gasteiger partial charge in [-0.05, 0) is 38.5 Å². The van der Waals surface area contributed by atoms with Gasteiger partial charge in [-0.2, -0.15) is 0 Å². The molecule has 2 aliphatic carbocycles. The first kappa shape index (κ1) is 14.8. The monoisotopic (exact) mass is 269 g/mol. The molecule has 110 valence electrons. The second-order valence-electron chi connectivity index (χ2n) is 6.43. The molecule has 2 rings (SSSR count). The summed E-state index contributed by atoms with van der Waals surface area (Å²) in [6.07, 6.45) is 9.92. The van der Waals surface area contributed by atoms with Crippen molar-refractivity contribution < 1.29 is 14.6 Å². The Kier molecular flexibility index (Phi) is 5.22. The summed E-state index contributed by atoms with van der Waals surface area (Å²) < 4.78 is 5.74. The van der Waals surface area contributed by atoms with Gasteiger partial charge in [0.2, 0.25) is 0 Å². The summed E-state index contributed by atoms with van der Waals surface area (Å²) in [5.74, 6) is -0.179. The van der Waals surface area contributed by atoms with Crippen LogP contribution in [-0.2, 0) is 9.53 Å². The van der Waals surface area contributed by atoms with E-state index < -0.39 is 11.5 Å². The smallest absolute Gasteiger partial charge is 0.326 e. The van der Waals surface area contributed by atoms with Crippen LogP contribution in [0.1, 0.15) is 58.3 Å².